The van der Waals surface area contributed by atoms with Crippen LogP contribution in [0.25, 0.3) is 11.1 Å². The first kappa shape index (κ1) is 26.0. The SMILES string of the molecule is N#CC1=NN(c2ccccc2)C(=O)/C1=C\C=C1\N(c2ccccc2)c2ccc(Cl)cc2C12c1ccccc1-c1ccccc12. The number of hydrogen-bond donors (Lipinski definition) is 0. The zero-order valence-corrected chi connectivity index (χ0v) is 24.1. The fourth-order valence-electron chi connectivity index (χ4n) is 6.85. The van der Waals surface area contributed by atoms with E-state index in [1.54, 1.807) is 18.2 Å². The van der Waals surface area contributed by atoms with Crippen LogP contribution in [0, 0.1) is 11.3 Å². The molecule has 5 aromatic carbocycles. The van der Waals surface area contributed by atoms with Crippen molar-refractivity contribution in [1.29, 1.82) is 5.26 Å². The first-order valence-electron chi connectivity index (χ1n) is 14.3. The average Bonchev–Trinajstić information content (AvgIpc) is 3.66. The highest BCUT2D eigenvalue weighted by Crippen LogP contribution is 2.64. The van der Waals surface area contributed by atoms with E-state index in [9.17, 15) is 10.1 Å². The highest BCUT2D eigenvalue weighted by molar-refractivity contribution is 6.35. The number of carbonyl (C=O) groups excluding carboxylic acids is 1. The molecule has 0 fully saturated rings. The molecule has 1 spiro atoms. The monoisotopic (exact) mass is 586 g/mol. The number of nitrogens with zero attached hydrogens (tertiary/aromatic N) is 4. The zero-order valence-electron chi connectivity index (χ0n) is 23.4. The second-order valence-corrected chi connectivity index (χ2v) is 11.3. The van der Waals surface area contributed by atoms with Gasteiger partial charge in [0.2, 0.25) is 0 Å². The summed E-state index contributed by atoms with van der Waals surface area (Å²) >= 11 is 6.74. The van der Waals surface area contributed by atoms with Gasteiger partial charge in [-0.15, -0.1) is 0 Å². The Morgan fingerprint density at radius 2 is 1.30 bits per heavy atom. The lowest BCUT2D eigenvalue weighted by Gasteiger charge is -2.32. The number of para-hydroxylation sites is 2. The van der Waals surface area contributed by atoms with Crippen LogP contribution in [0.15, 0.2) is 156 Å². The lowest BCUT2D eigenvalue weighted by Crippen LogP contribution is -2.30. The molecule has 0 N–H and O–H groups in total. The van der Waals surface area contributed by atoms with Crippen LogP contribution in [0.5, 0.6) is 0 Å². The molecule has 0 bridgehead atoms. The molecule has 1 aliphatic carbocycles. The van der Waals surface area contributed by atoms with E-state index in [4.69, 9.17) is 11.6 Å². The van der Waals surface area contributed by atoms with Gasteiger partial charge in [0.15, 0.2) is 5.71 Å². The molecule has 0 saturated carbocycles. The van der Waals surface area contributed by atoms with Crippen molar-refractivity contribution >= 4 is 40.3 Å². The molecule has 5 aromatic rings. The van der Waals surface area contributed by atoms with Gasteiger partial charge in [0.05, 0.1) is 22.4 Å². The molecule has 208 valence electrons. The Morgan fingerprint density at radius 3 is 1.93 bits per heavy atom. The molecule has 1 amide bonds. The molecular weight excluding hydrogens is 564 g/mol. The Labute approximate surface area is 259 Å². The minimum Gasteiger partial charge on any atom is -0.312 e. The van der Waals surface area contributed by atoms with Crippen LogP contribution in [0.2, 0.25) is 5.02 Å². The van der Waals surface area contributed by atoms with Gasteiger partial charge in [-0.1, -0.05) is 96.5 Å². The second-order valence-electron chi connectivity index (χ2n) is 10.8. The van der Waals surface area contributed by atoms with Crippen LogP contribution in [-0.2, 0) is 10.2 Å². The highest BCUT2D eigenvalue weighted by atomic mass is 35.5. The van der Waals surface area contributed by atoms with Crippen molar-refractivity contribution < 1.29 is 4.79 Å². The Hall–Kier alpha value is -5.70. The standard InChI is InChI=1S/C38H23ClN4O/c39-25-19-21-35-33(23-25)38(31-17-9-7-15-28(31)29-16-8-10-18-32(29)38)36(42(35)26-11-3-1-4-12-26)22-20-30-34(24-40)41-43(37(30)44)27-13-5-2-6-14-27/h1-23H/b30-20-,36-22+. The van der Waals surface area contributed by atoms with Crippen LogP contribution in [0.3, 0.4) is 0 Å². The van der Waals surface area contributed by atoms with Gasteiger partial charge in [0, 0.05) is 16.4 Å². The minimum absolute atomic E-state index is 0.0711. The van der Waals surface area contributed by atoms with Crippen LogP contribution in [-0.4, -0.2) is 11.6 Å². The van der Waals surface area contributed by atoms with Crippen molar-refractivity contribution in [2.75, 3.05) is 9.91 Å². The van der Waals surface area contributed by atoms with Gasteiger partial charge in [0.25, 0.3) is 5.91 Å². The van der Waals surface area contributed by atoms with E-state index < -0.39 is 5.41 Å². The lowest BCUT2D eigenvalue weighted by atomic mass is 9.71. The molecule has 5 nitrogen and oxygen atoms in total. The summed E-state index contributed by atoms with van der Waals surface area (Å²) in [5.41, 5.74) is 8.67. The van der Waals surface area contributed by atoms with Crippen molar-refractivity contribution in [1.82, 2.24) is 0 Å². The van der Waals surface area contributed by atoms with Crippen LogP contribution in [0.1, 0.15) is 16.7 Å². The van der Waals surface area contributed by atoms with E-state index in [1.165, 1.54) is 5.01 Å². The van der Waals surface area contributed by atoms with E-state index >= 15 is 0 Å². The third kappa shape index (κ3) is 3.59. The van der Waals surface area contributed by atoms with E-state index in [0.717, 1.165) is 44.9 Å². The molecule has 0 atom stereocenters. The normalized spacial score (nSPS) is 17.5. The molecule has 2 heterocycles. The highest BCUT2D eigenvalue weighted by Gasteiger charge is 2.55. The van der Waals surface area contributed by atoms with Crippen LogP contribution in [0.4, 0.5) is 17.1 Å². The summed E-state index contributed by atoms with van der Waals surface area (Å²) in [4.78, 5) is 16.0. The molecule has 44 heavy (non-hydrogen) atoms. The Morgan fingerprint density at radius 1 is 0.705 bits per heavy atom. The quantitative estimate of drug-likeness (QED) is 0.199. The fraction of sp³-hybridized carbons (Fsp3) is 0.0263. The molecule has 3 aliphatic rings. The number of nitriles is 1. The Balaban J connectivity index is 1.43. The fourth-order valence-corrected chi connectivity index (χ4v) is 7.02. The van der Waals surface area contributed by atoms with Gasteiger partial charge in [0.1, 0.15) is 6.07 Å². The number of hydrogen-bond acceptors (Lipinski definition) is 4. The zero-order chi connectivity index (χ0) is 29.8. The maximum Gasteiger partial charge on any atom is 0.281 e. The number of carbonyl (C=O) groups is 1. The van der Waals surface area contributed by atoms with Crippen molar-refractivity contribution in [3.05, 3.63) is 173 Å². The summed E-state index contributed by atoms with van der Waals surface area (Å²) in [5.74, 6) is -0.351. The largest absolute Gasteiger partial charge is 0.312 e. The number of amides is 1. The lowest BCUT2D eigenvalue weighted by molar-refractivity contribution is -0.114. The van der Waals surface area contributed by atoms with E-state index in [0.29, 0.717) is 10.7 Å². The summed E-state index contributed by atoms with van der Waals surface area (Å²) < 4.78 is 0. The average molecular weight is 587 g/mol. The number of fused-ring (bicyclic) bond motifs is 7. The third-order valence-electron chi connectivity index (χ3n) is 8.59. The summed E-state index contributed by atoms with van der Waals surface area (Å²) in [5, 5.41) is 16.3. The summed E-state index contributed by atoms with van der Waals surface area (Å²) in [7, 11) is 0. The number of rotatable bonds is 3. The Bertz CT molecular complexity index is 2080. The molecule has 0 unspecified atom stereocenters. The number of halogens is 1. The predicted molar refractivity (Wildman–Crippen MR) is 175 cm³/mol. The van der Waals surface area contributed by atoms with Crippen molar-refractivity contribution in [2.45, 2.75) is 5.41 Å². The molecule has 8 rings (SSSR count). The van der Waals surface area contributed by atoms with E-state index in [1.807, 2.05) is 48.5 Å². The van der Waals surface area contributed by atoms with Crippen molar-refractivity contribution in [3.63, 3.8) is 0 Å². The van der Waals surface area contributed by atoms with Gasteiger partial charge in [-0.05, 0) is 82.4 Å². The molecule has 0 saturated heterocycles. The van der Waals surface area contributed by atoms with Crippen molar-refractivity contribution in [3.8, 4) is 17.2 Å². The van der Waals surface area contributed by atoms with Gasteiger partial charge in [-0.2, -0.15) is 15.4 Å². The predicted octanol–water partition coefficient (Wildman–Crippen LogP) is 8.54. The topological polar surface area (TPSA) is 59.7 Å². The molecule has 0 radical (unpaired) electrons. The summed E-state index contributed by atoms with van der Waals surface area (Å²) in [6.07, 6.45) is 3.73. The van der Waals surface area contributed by atoms with E-state index in [2.05, 4.69) is 88.9 Å². The Kier molecular flexibility index (Phi) is 5.87. The molecule has 6 heteroatoms. The first-order chi connectivity index (χ1) is 21.6. The molecule has 0 aromatic heterocycles. The number of allylic oxidation sites excluding steroid dienone is 3. The van der Waals surface area contributed by atoms with Crippen LogP contribution < -0.4 is 9.91 Å². The van der Waals surface area contributed by atoms with Crippen molar-refractivity contribution in [2.24, 2.45) is 5.10 Å². The maximum atomic E-state index is 13.7. The number of anilines is 3. The summed E-state index contributed by atoms with van der Waals surface area (Å²) in [6, 6.07) is 44.4. The molecule has 2 aliphatic heterocycles. The first-order valence-corrected chi connectivity index (χ1v) is 14.7. The number of hydrazone groups is 1. The maximum absolute atomic E-state index is 13.7. The van der Waals surface area contributed by atoms with Crippen LogP contribution >= 0.6 is 11.6 Å². The summed E-state index contributed by atoms with van der Waals surface area (Å²) in [6.45, 7) is 0. The third-order valence-corrected chi connectivity index (χ3v) is 8.82. The van der Waals surface area contributed by atoms with Gasteiger partial charge in [-0.3, -0.25) is 4.79 Å². The number of benzene rings is 5. The smallest absolute Gasteiger partial charge is 0.281 e. The van der Waals surface area contributed by atoms with Gasteiger partial charge < -0.3 is 4.90 Å². The molecular formula is C38H23ClN4O. The second kappa shape index (κ2) is 9.95. The van der Waals surface area contributed by atoms with Gasteiger partial charge >= 0.3 is 0 Å². The van der Waals surface area contributed by atoms with E-state index in [-0.39, 0.29) is 17.2 Å². The van der Waals surface area contributed by atoms with Gasteiger partial charge in [-0.25, -0.2) is 0 Å². The minimum atomic E-state index is -0.731.